The molecule has 0 atom stereocenters. The van der Waals surface area contributed by atoms with Crippen molar-refractivity contribution in [2.24, 2.45) is 0 Å². The maximum Gasteiger partial charge on any atom is 0.417 e. The van der Waals surface area contributed by atoms with Gasteiger partial charge in [0, 0.05) is 24.0 Å². The van der Waals surface area contributed by atoms with Gasteiger partial charge in [-0.15, -0.1) is 0 Å². The van der Waals surface area contributed by atoms with Gasteiger partial charge < -0.3 is 10.6 Å². The van der Waals surface area contributed by atoms with Crippen molar-refractivity contribution in [2.75, 3.05) is 5.32 Å². The van der Waals surface area contributed by atoms with Crippen LogP contribution in [0.5, 0.6) is 0 Å². The lowest BCUT2D eigenvalue weighted by Gasteiger charge is -2.30. The van der Waals surface area contributed by atoms with E-state index in [1.54, 1.807) is 13.0 Å². The number of aromatic nitrogens is 2. The molecule has 2 N–H and O–H groups in total. The number of amides is 1. The van der Waals surface area contributed by atoms with E-state index in [0.717, 1.165) is 10.7 Å². The molecule has 1 aromatic heterocycles. The molecule has 11 heteroatoms. The molecule has 0 unspecified atom stereocenters. The highest BCUT2D eigenvalue weighted by Gasteiger charge is 2.35. The lowest BCUT2D eigenvalue weighted by molar-refractivity contribution is -0.137. The molecule has 1 aliphatic rings. The zero-order valence-corrected chi connectivity index (χ0v) is 18.1. The fourth-order valence-electron chi connectivity index (χ4n) is 4.10. The van der Waals surface area contributed by atoms with Crippen LogP contribution in [0.2, 0.25) is 0 Å². The van der Waals surface area contributed by atoms with Crippen molar-refractivity contribution in [3.05, 3.63) is 46.3 Å². The van der Waals surface area contributed by atoms with Crippen LogP contribution in [0.4, 0.5) is 27.6 Å². The van der Waals surface area contributed by atoms with Crippen LogP contribution in [0, 0.1) is 25.2 Å². The lowest BCUT2D eigenvalue weighted by Crippen LogP contribution is -2.40. The van der Waals surface area contributed by atoms with E-state index < -0.39 is 24.7 Å². The first-order valence-corrected chi connectivity index (χ1v) is 10.5. The number of alkyl halides is 5. The fraction of sp³-hybridized carbons (Fsp3) is 0.500. The van der Waals surface area contributed by atoms with Gasteiger partial charge >= 0.3 is 6.18 Å². The van der Waals surface area contributed by atoms with Gasteiger partial charge in [-0.2, -0.15) is 23.5 Å². The van der Waals surface area contributed by atoms with Gasteiger partial charge in [-0.25, -0.2) is 8.78 Å². The molecular formula is C22H24F5N5O. The Morgan fingerprint density at radius 2 is 1.85 bits per heavy atom. The number of carbonyl (C=O) groups excluding carboxylic acids is 1. The fourth-order valence-corrected chi connectivity index (χ4v) is 4.10. The number of anilines is 1. The third-order valence-electron chi connectivity index (χ3n) is 5.70. The first-order valence-electron chi connectivity index (χ1n) is 10.5. The molecule has 1 heterocycles. The van der Waals surface area contributed by atoms with Gasteiger partial charge in [0.1, 0.15) is 12.6 Å². The number of rotatable bonds is 6. The molecule has 2 aromatic rings. The minimum absolute atomic E-state index is 0.0814. The Bertz CT molecular complexity index is 1050. The molecule has 3 rings (SSSR count). The van der Waals surface area contributed by atoms with E-state index in [4.69, 9.17) is 5.26 Å². The van der Waals surface area contributed by atoms with Gasteiger partial charge in [-0.3, -0.25) is 9.48 Å². The summed E-state index contributed by atoms with van der Waals surface area (Å²) in [6.07, 6.45) is -3.45. The molecule has 0 spiro atoms. The summed E-state index contributed by atoms with van der Waals surface area (Å²) in [6, 6.07) is 3.89. The average molecular weight is 469 g/mol. The summed E-state index contributed by atoms with van der Waals surface area (Å²) in [5.74, 6) is -0.387. The number of nitriles is 1. The second-order valence-electron chi connectivity index (χ2n) is 8.23. The summed E-state index contributed by atoms with van der Waals surface area (Å²) in [6.45, 7) is 2.46. The number of nitrogens with one attached hydrogen (secondary N) is 2. The topological polar surface area (TPSA) is 82.7 Å². The first-order chi connectivity index (χ1) is 15.5. The van der Waals surface area contributed by atoms with E-state index in [-0.39, 0.29) is 34.7 Å². The molecule has 1 fully saturated rings. The summed E-state index contributed by atoms with van der Waals surface area (Å²) < 4.78 is 66.1. The van der Waals surface area contributed by atoms with E-state index in [9.17, 15) is 26.7 Å². The molecule has 6 nitrogen and oxygen atoms in total. The van der Waals surface area contributed by atoms with E-state index in [1.165, 1.54) is 19.2 Å². The van der Waals surface area contributed by atoms with E-state index >= 15 is 0 Å². The summed E-state index contributed by atoms with van der Waals surface area (Å²) in [5.41, 5.74) is -0.196. The number of halogens is 5. The number of nitrogens with zero attached hydrogens (tertiary/aromatic N) is 3. The molecule has 0 bridgehead atoms. The highest BCUT2D eigenvalue weighted by molar-refractivity contribution is 5.95. The van der Waals surface area contributed by atoms with Crippen LogP contribution in [-0.2, 0) is 12.7 Å². The molecule has 0 aliphatic heterocycles. The normalized spacial score (nSPS) is 18.8. The number of hydrogen-bond acceptors (Lipinski definition) is 4. The second-order valence-corrected chi connectivity index (χ2v) is 8.23. The van der Waals surface area contributed by atoms with Crippen molar-refractivity contribution in [3.63, 3.8) is 0 Å². The quantitative estimate of drug-likeness (QED) is 0.595. The van der Waals surface area contributed by atoms with E-state index in [1.807, 2.05) is 0 Å². The van der Waals surface area contributed by atoms with Crippen molar-refractivity contribution < 1.29 is 26.7 Å². The number of aryl methyl sites for hydroxylation is 2. The monoisotopic (exact) mass is 469 g/mol. The molecule has 0 radical (unpaired) electrons. The lowest BCUT2D eigenvalue weighted by atomic mass is 9.90. The molecule has 33 heavy (non-hydrogen) atoms. The average Bonchev–Trinajstić information content (AvgIpc) is 3.07. The SMILES string of the molecule is Cc1cc(N[C@H]2CC[C@@H](NC(=O)c3cn(CC(F)F)nc3C)CC2)cc(C(F)(F)F)c1C#N. The Kier molecular flexibility index (Phi) is 7.25. The summed E-state index contributed by atoms with van der Waals surface area (Å²) in [4.78, 5) is 12.5. The van der Waals surface area contributed by atoms with Crippen molar-refractivity contribution in [1.82, 2.24) is 15.1 Å². The smallest absolute Gasteiger partial charge is 0.382 e. The van der Waals surface area contributed by atoms with Crippen LogP contribution < -0.4 is 10.6 Å². The Balaban J connectivity index is 1.59. The number of benzene rings is 1. The molecule has 178 valence electrons. The van der Waals surface area contributed by atoms with Crippen molar-refractivity contribution in [2.45, 2.75) is 70.8 Å². The van der Waals surface area contributed by atoms with Crippen LogP contribution in [0.15, 0.2) is 18.3 Å². The van der Waals surface area contributed by atoms with Gasteiger partial charge in [0.2, 0.25) is 0 Å². The third-order valence-corrected chi connectivity index (χ3v) is 5.70. The summed E-state index contributed by atoms with van der Waals surface area (Å²) in [5, 5.41) is 19.0. The van der Waals surface area contributed by atoms with Crippen LogP contribution >= 0.6 is 0 Å². The molecular weight excluding hydrogens is 445 g/mol. The predicted molar refractivity (Wildman–Crippen MR) is 111 cm³/mol. The number of carbonyl (C=O) groups is 1. The van der Waals surface area contributed by atoms with Gasteiger partial charge in [-0.05, 0) is 57.2 Å². The van der Waals surface area contributed by atoms with E-state index in [0.29, 0.717) is 37.1 Å². The standard InChI is InChI=1S/C22H24F5N5O/c1-12-7-16(8-19(17(12)9-28)22(25,26)27)29-14-3-5-15(6-4-14)30-21(33)18-10-32(11-20(23)24)31-13(18)2/h7-8,10,14-15,20,29H,3-6,11H2,1-2H3,(H,30,33)/t14-,15+. The molecule has 0 saturated heterocycles. The van der Waals surface area contributed by atoms with Gasteiger partial charge in [0.05, 0.1) is 22.4 Å². The van der Waals surface area contributed by atoms with Crippen LogP contribution in [0.1, 0.15) is 58.4 Å². The zero-order chi connectivity index (χ0) is 24.3. The number of hydrogen-bond donors (Lipinski definition) is 2. The largest absolute Gasteiger partial charge is 0.417 e. The van der Waals surface area contributed by atoms with Gasteiger partial charge in [0.25, 0.3) is 12.3 Å². The highest BCUT2D eigenvalue weighted by Crippen LogP contribution is 2.36. The molecule has 1 aliphatic carbocycles. The zero-order valence-electron chi connectivity index (χ0n) is 18.1. The maximum absolute atomic E-state index is 13.3. The van der Waals surface area contributed by atoms with Gasteiger partial charge in [0.15, 0.2) is 0 Å². The first kappa shape index (κ1) is 24.5. The molecule has 1 amide bonds. The van der Waals surface area contributed by atoms with Gasteiger partial charge in [-0.1, -0.05) is 0 Å². The minimum atomic E-state index is -4.63. The minimum Gasteiger partial charge on any atom is -0.382 e. The van der Waals surface area contributed by atoms with Crippen LogP contribution in [0.3, 0.4) is 0 Å². The summed E-state index contributed by atoms with van der Waals surface area (Å²) in [7, 11) is 0. The van der Waals surface area contributed by atoms with Crippen molar-refractivity contribution in [3.8, 4) is 6.07 Å². The Labute approximate surface area is 187 Å². The molecule has 1 aromatic carbocycles. The van der Waals surface area contributed by atoms with Crippen molar-refractivity contribution in [1.29, 1.82) is 5.26 Å². The highest BCUT2D eigenvalue weighted by atomic mass is 19.4. The predicted octanol–water partition coefficient (Wildman–Crippen LogP) is 4.81. The Morgan fingerprint density at radius 1 is 1.21 bits per heavy atom. The van der Waals surface area contributed by atoms with E-state index in [2.05, 4.69) is 15.7 Å². The van der Waals surface area contributed by atoms with Crippen LogP contribution in [-0.4, -0.2) is 34.2 Å². The Hall–Kier alpha value is -3.16. The van der Waals surface area contributed by atoms with Crippen molar-refractivity contribution >= 4 is 11.6 Å². The maximum atomic E-state index is 13.3. The summed E-state index contributed by atoms with van der Waals surface area (Å²) >= 11 is 0. The second kappa shape index (κ2) is 9.77. The Morgan fingerprint density at radius 3 is 2.42 bits per heavy atom. The van der Waals surface area contributed by atoms with Crippen LogP contribution in [0.25, 0.3) is 0 Å². The third kappa shape index (κ3) is 6.00. The molecule has 1 saturated carbocycles.